The average Bonchev–Trinajstić information content (AvgIpc) is 2.38. The van der Waals surface area contributed by atoms with Gasteiger partial charge in [-0.1, -0.05) is 39.0 Å². The monoisotopic (exact) mass is 278 g/mol. The third-order valence-electron chi connectivity index (χ3n) is 3.41. The quantitative estimate of drug-likeness (QED) is 0.711. The number of carbonyl (C=O) groups excluding carboxylic acids is 1. The summed E-state index contributed by atoms with van der Waals surface area (Å²) >= 11 is 0. The largest absolute Gasteiger partial charge is 0.496 e. The van der Waals surface area contributed by atoms with Crippen LogP contribution >= 0.6 is 0 Å². The minimum absolute atomic E-state index is 0.0147. The van der Waals surface area contributed by atoms with Gasteiger partial charge in [-0.05, 0) is 36.8 Å². The predicted octanol–water partition coefficient (Wildman–Crippen LogP) is 3.85. The van der Waals surface area contributed by atoms with Gasteiger partial charge in [-0.25, -0.2) is 0 Å². The lowest BCUT2D eigenvalue weighted by Gasteiger charge is -2.28. The van der Waals surface area contributed by atoms with Gasteiger partial charge in [0.05, 0.1) is 19.6 Å². The van der Waals surface area contributed by atoms with Crippen LogP contribution in [0.15, 0.2) is 24.3 Å². The van der Waals surface area contributed by atoms with E-state index < -0.39 is 0 Å². The maximum Gasteiger partial charge on any atom is 0.308 e. The molecule has 1 atom stereocenters. The van der Waals surface area contributed by atoms with Crippen molar-refractivity contribution in [2.45, 2.75) is 40.5 Å². The third-order valence-corrected chi connectivity index (χ3v) is 3.41. The molecule has 1 aromatic rings. The van der Waals surface area contributed by atoms with Crippen LogP contribution in [0.3, 0.4) is 0 Å². The Kier molecular flexibility index (Phi) is 6.05. The molecular weight excluding hydrogens is 252 g/mol. The molecule has 0 saturated heterocycles. The molecule has 0 N–H and O–H groups in total. The van der Waals surface area contributed by atoms with E-state index in [-0.39, 0.29) is 17.3 Å². The van der Waals surface area contributed by atoms with Crippen LogP contribution in [0.25, 0.3) is 0 Å². The van der Waals surface area contributed by atoms with Gasteiger partial charge in [0, 0.05) is 0 Å². The van der Waals surface area contributed by atoms with E-state index in [0.717, 1.165) is 18.6 Å². The van der Waals surface area contributed by atoms with Crippen LogP contribution in [0, 0.1) is 11.3 Å². The number of rotatable bonds is 7. The molecule has 0 aliphatic carbocycles. The highest BCUT2D eigenvalue weighted by Gasteiger charge is 2.27. The van der Waals surface area contributed by atoms with E-state index in [4.69, 9.17) is 9.47 Å². The molecule has 0 heterocycles. The van der Waals surface area contributed by atoms with Gasteiger partial charge in [-0.15, -0.1) is 0 Å². The number of hydrogen-bond acceptors (Lipinski definition) is 3. The SMILES string of the molecule is CCOC(=O)C(C)CC(C)(C)Cc1ccccc1OC. The standard InChI is InChI=1S/C17H26O3/c1-6-20-16(18)13(2)11-17(3,4)12-14-9-7-8-10-15(14)19-5/h7-10,13H,6,11-12H2,1-5H3. The number of hydrogen-bond donors (Lipinski definition) is 0. The van der Waals surface area contributed by atoms with E-state index in [1.165, 1.54) is 5.56 Å². The number of ether oxygens (including phenoxy) is 2. The van der Waals surface area contributed by atoms with Crippen LogP contribution < -0.4 is 4.74 Å². The molecule has 3 nitrogen and oxygen atoms in total. The summed E-state index contributed by atoms with van der Waals surface area (Å²) in [5.74, 6) is 0.713. The van der Waals surface area contributed by atoms with Crippen molar-refractivity contribution in [3.8, 4) is 5.75 Å². The zero-order chi connectivity index (χ0) is 15.2. The number of para-hydroxylation sites is 1. The van der Waals surface area contributed by atoms with E-state index >= 15 is 0 Å². The summed E-state index contributed by atoms with van der Waals surface area (Å²) in [6.45, 7) is 8.56. The maximum absolute atomic E-state index is 11.7. The molecule has 0 fully saturated rings. The molecule has 0 saturated carbocycles. The van der Waals surface area contributed by atoms with Gasteiger partial charge in [-0.3, -0.25) is 4.79 Å². The van der Waals surface area contributed by atoms with E-state index in [0.29, 0.717) is 6.61 Å². The molecule has 0 aromatic heterocycles. The fraction of sp³-hybridized carbons (Fsp3) is 0.588. The summed E-state index contributed by atoms with van der Waals surface area (Å²) in [5.41, 5.74) is 1.19. The van der Waals surface area contributed by atoms with Gasteiger partial charge < -0.3 is 9.47 Å². The van der Waals surface area contributed by atoms with Crippen LogP contribution in [0.1, 0.15) is 39.7 Å². The first-order valence-corrected chi connectivity index (χ1v) is 7.18. The van der Waals surface area contributed by atoms with Crippen molar-refractivity contribution in [2.75, 3.05) is 13.7 Å². The van der Waals surface area contributed by atoms with Crippen molar-refractivity contribution in [3.05, 3.63) is 29.8 Å². The van der Waals surface area contributed by atoms with Gasteiger partial charge >= 0.3 is 5.97 Å². The van der Waals surface area contributed by atoms with E-state index in [9.17, 15) is 4.79 Å². The van der Waals surface area contributed by atoms with Gasteiger partial charge in [0.2, 0.25) is 0 Å². The van der Waals surface area contributed by atoms with Crippen molar-refractivity contribution in [2.24, 2.45) is 11.3 Å². The smallest absolute Gasteiger partial charge is 0.308 e. The number of carbonyl (C=O) groups is 1. The highest BCUT2D eigenvalue weighted by atomic mass is 16.5. The van der Waals surface area contributed by atoms with E-state index in [1.807, 2.05) is 32.0 Å². The Morgan fingerprint density at radius 3 is 2.55 bits per heavy atom. The Morgan fingerprint density at radius 2 is 1.95 bits per heavy atom. The second kappa shape index (κ2) is 7.32. The summed E-state index contributed by atoms with van der Waals surface area (Å²) in [6, 6.07) is 8.04. The van der Waals surface area contributed by atoms with Crippen LogP contribution in [-0.4, -0.2) is 19.7 Å². The molecule has 1 unspecified atom stereocenters. The minimum atomic E-state index is -0.111. The van der Waals surface area contributed by atoms with Gasteiger partial charge in [0.25, 0.3) is 0 Å². The summed E-state index contributed by atoms with van der Waals surface area (Å²) in [6.07, 6.45) is 1.67. The third kappa shape index (κ3) is 4.87. The van der Waals surface area contributed by atoms with Crippen molar-refractivity contribution in [3.63, 3.8) is 0 Å². The molecule has 1 rings (SSSR count). The van der Waals surface area contributed by atoms with Crippen molar-refractivity contribution >= 4 is 5.97 Å². The van der Waals surface area contributed by atoms with Crippen molar-refractivity contribution in [1.82, 2.24) is 0 Å². The average molecular weight is 278 g/mol. The molecule has 0 radical (unpaired) electrons. The Balaban J connectivity index is 2.71. The highest BCUT2D eigenvalue weighted by Crippen LogP contribution is 2.33. The topological polar surface area (TPSA) is 35.5 Å². The molecule has 112 valence electrons. The van der Waals surface area contributed by atoms with Crippen LogP contribution in [0.5, 0.6) is 5.75 Å². The Bertz CT molecular complexity index is 438. The Labute approximate surface area is 122 Å². The van der Waals surface area contributed by atoms with Crippen LogP contribution in [0.4, 0.5) is 0 Å². The molecule has 20 heavy (non-hydrogen) atoms. The lowest BCUT2D eigenvalue weighted by Crippen LogP contribution is -2.24. The first-order valence-electron chi connectivity index (χ1n) is 7.18. The fourth-order valence-electron chi connectivity index (χ4n) is 2.63. The molecule has 3 heteroatoms. The number of benzene rings is 1. The number of methoxy groups -OCH3 is 1. The summed E-state index contributed by atoms with van der Waals surface area (Å²) < 4.78 is 10.5. The summed E-state index contributed by atoms with van der Waals surface area (Å²) in [7, 11) is 1.69. The van der Waals surface area contributed by atoms with Gasteiger partial charge in [-0.2, -0.15) is 0 Å². The molecule has 0 bridgehead atoms. The first kappa shape index (κ1) is 16.5. The predicted molar refractivity (Wildman–Crippen MR) is 80.9 cm³/mol. The molecule has 1 aromatic carbocycles. The fourth-order valence-corrected chi connectivity index (χ4v) is 2.63. The minimum Gasteiger partial charge on any atom is -0.496 e. The molecular formula is C17H26O3. The maximum atomic E-state index is 11.7. The van der Waals surface area contributed by atoms with Crippen LogP contribution in [-0.2, 0) is 16.0 Å². The summed E-state index contributed by atoms with van der Waals surface area (Å²) in [5, 5.41) is 0. The normalized spacial score (nSPS) is 12.8. The van der Waals surface area contributed by atoms with Gasteiger partial charge in [0.1, 0.15) is 5.75 Å². The molecule has 0 aliphatic rings. The highest BCUT2D eigenvalue weighted by molar-refractivity contribution is 5.72. The lowest BCUT2D eigenvalue weighted by molar-refractivity contribution is -0.148. The zero-order valence-corrected chi connectivity index (χ0v) is 13.2. The Hall–Kier alpha value is -1.51. The number of esters is 1. The summed E-state index contributed by atoms with van der Waals surface area (Å²) in [4.78, 5) is 11.7. The van der Waals surface area contributed by atoms with Gasteiger partial charge in [0.15, 0.2) is 0 Å². The van der Waals surface area contributed by atoms with E-state index in [1.54, 1.807) is 7.11 Å². The second-order valence-electron chi connectivity index (χ2n) is 6.01. The zero-order valence-electron chi connectivity index (χ0n) is 13.2. The molecule has 0 amide bonds. The second-order valence-corrected chi connectivity index (χ2v) is 6.01. The first-order chi connectivity index (χ1) is 9.39. The molecule has 0 spiro atoms. The lowest BCUT2D eigenvalue weighted by atomic mass is 9.78. The molecule has 0 aliphatic heterocycles. The van der Waals surface area contributed by atoms with Crippen molar-refractivity contribution < 1.29 is 14.3 Å². The van der Waals surface area contributed by atoms with E-state index in [2.05, 4.69) is 19.9 Å². The Morgan fingerprint density at radius 1 is 1.30 bits per heavy atom. The van der Waals surface area contributed by atoms with Crippen LogP contribution in [0.2, 0.25) is 0 Å². The van der Waals surface area contributed by atoms with Crippen molar-refractivity contribution in [1.29, 1.82) is 0 Å².